The van der Waals surface area contributed by atoms with E-state index < -0.39 is 6.43 Å². The predicted octanol–water partition coefficient (Wildman–Crippen LogP) is 2.40. The van der Waals surface area contributed by atoms with Crippen molar-refractivity contribution in [3.63, 3.8) is 0 Å². The zero-order chi connectivity index (χ0) is 11.4. The Bertz CT molecular complexity index is 353. The van der Waals surface area contributed by atoms with E-state index in [2.05, 4.69) is 10.6 Å². The van der Waals surface area contributed by atoms with Crippen LogP contribution in [0.4, 0.5) is 14.5 Å². The van der Waals surface area contributed by atoms with Crippen molar-refractivity contribution in [2.45, 2.75) is 25.8 Å². The summed E-state index contributed by atoms with van der Waals surface area (Å²) in [6.07, 6.45) is -0.133. The van der Waals surface area contributed by atoms with Crippen LogP contribution < -0.4 is 10.6 Å². The topological polar surface area (TPSA) is 24.1 Å². The molecule has 0 unspecified atom stereocenters. The highest BCUT2D eigenvalue weighted by Crippen LogP contribution is 2.25. The summed E-state index contributed by atoms with van der Waals surface area (Å²) in [6, 6.07) is 6.02. The van der Waals surface area contributed by atoms with Crippen molar-refractivity contribution in [3.05, 3.63) is 29.3 Å². The third kappa shape index (κ3) is 2.70. The number of hydrogen-bond donors (Lipinski definition) is 2. The Morgan fingerprint density at radius 2 is 2.25 bits per heavy atom. The fourth-order valence-corrected chi connectivity index (χ4v) is 2.07. The molecule has 1 aromatic carbocycles. The van der Waals surface area contributed by atoms with Gasteiger partial charge in [0.2, 0.25) is 0 Å². The Balaban J connectivity index is 2.03. The summed E-state index contributed by atoms with van der Waals surface area (Å²) in [5.41, 5.74) is 3.56. The van der Waals surface area contributed by atoms with Gasteiger partial charge in [0, 0.05) is 18.8 Å². The molecule has 1 heterocycles. The first-order valence-corrected chi connectivity index (χ1v) is 5.61. The maximum atomic E-state index is 12.0. The lowest BCUT2D eigenvalue weighted by molar-refractivity contribution is 0.145. The van der Waals surface area contributed by atoms with Crippen LogP contribution in [0, 0.1) is 0 Å². The van der Waals surface area contributed by atoms with Crippen molar-refractivity contribution >= 4 is 5.69 Å². The lowest BCUT2D eigenvalue weighted by Crippen LogP contribution is -2.22. The van der Waals surface area contributed by atoms with E-state index in [9.17, 15) is 8.78 Å². The lowest BCUT2D eigenvalue weighted by Gasteiger charge is -2.21. The quantitative estimate of drug-likeness (QED) is 0.823. The average molecular weight is 226 g/mol. The minimum Gasteiger partial charge on any atom is -0.385 e. The van der Waals surface area contributed by atoms with Crippen LogP contribution >= 0.6 is 0 Å². The fraction of sp³-hybridized carbons (Fsp3) is 0.500. The average Bonchev–Trinajstić information content (AvgIpc) is 2.29. The zero-order valence-electron chi connectivity index (χ0n) is 9.10. The van der Waals surface area contributed by atoms with Gasteiger partial charge >= 0.3 is 0 Å². The monoisotopic (exact) mass is 226 g/mol. The fourth-order valence-electron chi connectivity index (χ4n) is 2.07. The summed E-state index contributed by atoms with van der Waals surface area (Å²) < 4.78 is 24.0. The molecule has 16 heavy (non-hydrogen) atoms. The highest BCUT2D eigenvalue weighted by atomic mass is 19.3. The Labute approximate surface area is 94.0 Å². The molecule has 2 nitrogen and oxygen atoms in total. The molecule has 0 fully saturated rings. The molecule has 0 spiro atoms. The van der Waals surface area contributed by atoms with Crippen molar-refractivity contribution in [2.75, 3.05) is 18.4 Å². The van der Waals surface area contributed by atoms with Crippen molar-refractivity contribution in [2.24, 2.45) is 0 Å². The van der Waals surface area contributed by atoms with Crippen LogP contribution in [0.2, 0.25) is 0 Å². The van der Waals surface area contributed by atoms with Crippen LogP contribution in [0.3, 0.4) is 0 Å². The molecule has 0 amide bonds. The van der Waals surface area contributed by atoms with E-state index in [4.69, 9.17) is 0 Å². The molecule has 88 valence electrons. The summed E-state index contributed by atoms with van der Waals surface area (Å²) in [7, 11) is 0. The SMILES string of the molecule is FC(F)CNCc1cccc2c1CCCN2. The number of rotatable bonds is 4. The minimum atomic E-state index is -2.28. The van der Waals surface area contributed by atoms with Crippen molar-refractivity contribution in [3.8, 4) is 0 Å². The second-order valence-electron chi connectivity index (χ2n) is 4.00. The number of alkyl halides is 2. The molecular formula is C12H16F2N2. The molecule has 2 rings (SSSR count). The molecule has 4 heteroatoms. The van der Waals surface area contributed by atoms with Crippen LogP contribution in [0.25, 0.3) is 0 Å². The molecule has 1 aromatic rings. The molecule has 1 aliphatic rings. The normalized spacial score (nSPS) is 14.7. The van der Waals surface area contributed by atoms with Crippen LogP contribution in [0.1, 0.15) is 17.5 Å². The number of benzene rings is 1. The standard InChI is InChI=1S/C12H16F2N2/c13-12(14)8-15-7-9-3-1-5-11-10(9)4-2-6-16-11/h1,3,5,12,15-16H,2,4,6-8H2. The van der Waals surface area contributed by atoms with Crippen molar-refractivity contribution in [1.82, 2.24) is 5.32 Å². The van der Waals surface area contributed by atoms with E-state index in [1.165, 1.54) is 5.56 Å². The van der Waals surface area contributed by atoms with E-state index in [1.807, 2.05) is 18.2 Å². The molecule has 0 atom stereocenters. The Hall–Kier alpha value is -1.16. The second-order valence-corrected chi connectivity index (χ2v) is 4.00. The molecule has 0 saturated carbocycles. The molecule has 0 radical (unpaired) electrons. The molecule has 0 bridgehead atoms. The minimum absolute atomic E-state index is 0.239. The first-order chi connectivity index (χ1) is 7.77. The Morgan fingerprint density at radius 1 is 1.38 bits per heavy atom. The number of hydrogen-bond acceptors (Lipinski definition) is 2. The van der Waals surface area contributed by atoms with Gasteiger partial charge in [-0.15, -0.1) is 0 Å². The summed E-state index contributed by atoms with van der Waals surface area (Å²) >= 11 is 0. The Kier molecular flexibility index (Phi) is 3.72. The molecule has 0 saturated heterocycles. The van der Waals surface area contributed by atoms with Gasteiger partial charge in [0.25, 0.3) is 6.43 Å². The van der Waals surface area contributed by atoms with Gasteiger partial charge in [-0.3, -0.25) is 0 Å². The van der Waals surface area contributed by atoms with E-state index in [1.54, 1.807) is 0 Å². The first-order valence-electron chi connectivity index (χ1n) is 5.61. The van der Waals surface area contributed by atoms with Gasteiger partial charge in [0.1, 0.15) is 0 Å². The first kappa shape index (κ1) is 11.3. The van der Waals surface area contributed by atoms with Gasteiger partial charge in [-0.2, -0.15) is 0 Å². The van der Waals surface area contributed by atoms with Crippen molar-refractivity contribution in [1.29, 1.82) is 0 Å². The summed E-state index contributed by atoms with van der Waals surface area (Å²) in [4.78, 5) is 0. The van der Waals surface area contributed by atoms with Crippen LogP contribution in [-0.2, 0) is 13.0 Å². The Morgan fingerprint density at radius 3 is 3.06 bits per heavy atom. The van der Waals surface area contributed by atoms with E-state index in [-0.39, 0.29) is 6.54 Å². The third-order valence-corrected chi connectivity index (χ3v) is 2.81. The van der Waals surface area contributed by atoms with E-state index >= 15 is 0 Å². The molecule has 2 N–H and O–H groups in total. The zero-order valence-corrected chi connectivity index (χ0v) is 9.10. The lowest BCUT2D eigenvalue weighted by atomic mass is 9.97. The molecule has 0 aromatic heterocycles. The van der Waals surface area contributed by atoms with Crippen LogP contribution in [0.15, 0.2) is 18.2 Å². The molecule has 1 aliphatic heterocycles. The predicted molar refractivity (Wildman–Crippen MR) is 61.0 cm³/mol. The maximum absolute atomic E-state index is 12.0. The van der Waals surface area contributed by atoms with Crippen molar-refractivity contribution < 1.29 is 8.78 Å². The highest BCUT2D eigenvalue weighted by Gasteiger charge is 2.12. The van der Waals surface area contributed by atoms with Gasteiger partial charge in [0.15, 0.2) is 0 Å². The summed E-state index contributed by atoms with van der Waals surface area (Å²) in [5, 5.41) is 6.10. The largest absolute Gasteiger partial charge is 0.385 e. The summed E-state index contributed by atoms with van der Waals surface area (Å²) in [6.45, 7) is 1.28. The van der Waals surface area contributed by atoms with E-state index in [0.29, 0.717) is 6.54 Å². The second kappa shape index (κ2) is 5.25. The summed E-state index contributed by atoms with van der Waals surface area (Å²) in [5.74, 6) is 0. The van der Waals surface area contributed by atoms with Crippen LogP contribution in [-0.4, -0.2) is 19.5 Å². The number of fused-ring (bicyclic) bond motifs is 1. The van der Waals surface area contributed by atoms with Crippen LogP contribution in [0.5, 0.6) is 0 Å². The highest BCUT2D eigenvalue weighted by molar-refractivity contribution is 5.56. The molecule has 0 aliphatic carbocycles. The van der Waals surface area contributed by atoms with Gasteiger partial charge < -0.3 is 10.6 Å². The maximum Gasteiger partial charge on any atom is 0.250 e. The van der Waals surface area contributed by atoms with Gasteiger partial charge in [-0.25, -0.2) is 8.78 Å². The third-order valence-electron chi connectivity index (χ3n) is 2.81. The number of halogens is 2. The van der Waals surface area contributed by atoms with E-state index in [0.717, 1.165) is 30.6 Å². The van der Waals surface area contributed by atoms with Gasteiger partial charge in [0.05, 0.1) is 6.54 Å². The smallest absolute Gasteiger partial charge is 0.250 e. The van der Waals surface area contributed by atoms with Gasteiger partial charge in [-0.1, -0.05) is 12.1 Å². The number of anilines is 1. The number of nitrogens with one attached hydrogen (secondary N) is 2. The van der Waals surface area contributed by atoms with Gasteiger partial charge in [-0.05, 0) is 30.0 Å². The molecular weight excluding hydrogens is 210 g/mol.